The van der Waals surface area contributed by atoms with Crippen molar-refractivity contribution in [3.63, 3.8) is 0 Å². The van der Waals surface area contributed by atoms with E-state index in [1.54, 1.807) is 23.6 Å². The van der Waals surface area contributed by atoms with Crippen molar-refractivity contribution in [3.8, 4) is 22.8 Å². The van der Waals surface area contributed by atoms with Gasteiger partial charge in [0.1, 0.15) is 11.6 Å². The van der Waals surface area contributed by atoms with Gasteiger partial charge in [0.05, 0.1) is 29.5 Å². The molecule has 1 aliphatic rings. The van der Waals surface area contributed by atoms with Gasteiger partial charge in [-0.1, -0.05) is 48.5 Å². The van der Waals surface area contributed by atoms with Crippen LogP contribution in [0.15, 0.2) is 95.3 Å². The van der Waals surface area contributed by atoms with Crippen LogP contribution in [0.1, 0.15) is 25.0 Å². The van der Waals surface area contributed by atoms with Crippen LogP contribution in [0.5, 0.6) is 5.75 Å². The third kappa shape index (κ3) is 3.95. The molecule has 9 heteroatoms. The van der Waals surface area contributed by atoms with Gasteiger partial charge in [-0.25, -0.2) is 18.6 Å². The topological polar surface area (TPSA) is 111 Å². The van der Waals surface area contributed by atoms with Crippen molar-refractivity contribution in [1.82, 2.24) is 19.2 Å². The van der Waals surface area contributed by atoms with Gasteiger partial charge in [0.15, 0.2) is 11.5 Å². The maximum atomic E-state index is 14.2. The number of esters is 1. The maximum Gasteiger partial charge on any atom is 0.341 e. The normalized spacial score (nSPS) is 14.7. The molecule has 2 aromatic heterocycles. The minimum atomic E-state index is -0.469. The van der Waals surface area contributed by atoms with E-state index >= 15 is 0 Å². The molecule has 0 fully saturated rings. The molecule has 0 bridgehead atoms. The van der Waals surface area contributed by atoms with Gasteiger partial charge >= 0.3 is 11.7 Å². The second-order valence-corrected chi connectivity index (χ2v) is 9.15. The number of nitrogens with one attached hydrogen (secondary N) is 1. The number of ether oxygens (including phenoxy) is 1. The predicted molar refractivity (Wildman–Crippen MR) is 148 cm³/mol. The zero-order chi connectivity index (χ0) is 27.1. The van der Waals surface area contributed by atoms with E-state index < -0.39 is 12.0 Å². The zero-order valence-corrected chi connectivity index (χ0v) is 21.3. The van der Waals surface area contributed by atoms with Crippen LogP contribution >= 0.6 is 0 Å². The van der Waals surface area contributed by atoms with Gasteiger partial charge in [-0.15, -0.1) is 10.2 Å². The molecule has 5 aromatic rings. The Morgan fingerprint density at radius 2 is 1.62 bits per heavy atom. The van der Waals surface area contributed by atoms with Crippen molar-refractivity contribution in [3.05, 3.63) is 112 Å². The van der Waals surface area contributed by atoms with Crippen LogP contribution in [0.2, 0.25) is 0 Å². The van der Waals surface area contributed by atoms with Gasteiger partial charge in [0.2, 0.25) is 0 Å². The number of hydrogen-bond donors (Lipinski definition) is 2. The Morgan fingerprint density at radius 1 is 0.949 bits per heavy atom. The fourth-order valence-electron chi connectivity index (χ4n) is 5.04. The number of carbonyl (C=O) groups excluding carboxylic acids is 1. The molecule has 1 atom stereocenters. The average molecular weight is 520 g/mol. The van der Waals surface area contributed by atoms with Gasteiger partial charge in [-0.3, -0.25) is 0 Å². The lowest BCUT2D eigenvalue weighted by molar-refractivity contribution is -0.138. The summed E-state index contributed by atoms with van der Waals surface area (Å²) in [5, 5.41) is 22.1. The summed E-state index contributed by atoms with van der Waals surface area (Å²) >= 11 is 0. The molecule has 0 spiro atoms. The molecule has 39 heavy (non-hydrogen) atoms. The summed E-state index contributed by atoms with van der Waals surface area (Å²) in [5.74, 6) is 0.461. The number of phenols is 1. The highest BCUT2D eigenvalue weighted by Gasteiger charge is 2.36. The lowest BCUT2D eigenvalue weighted by Crippen LogP contribution is -2.37. The molecule has 1 aliphatic heterocycles. The molecular weight excluding hydrogens is 494 g/mol. The fourth-order valence-corrected chi connectivity index (χ4v) is 5.04. The SMILES string of the molecule is CCOC(=O)C1=C(c2ccccc2)c2c(n(-c3ccccc3)c(=O)n3c(-c4ccc(O)cc4)nnc23)NC1C. The standard InChI is InChI=1S/C30H25N5O4/c1-3-39-29(37)23-18(2)31-27-25(24(23)19-10-6-4-7-11-19)28-33-32-26(20-14-16-22(36)17-15-20)35(28)30(38)34(27)21-12-8-5-9-13-21/h4-18,31,36H,3H2,1-2H3. The van der Waals surface area contributed by atoms with Gasteiger partial charge < -0.3 is 15.2 Å². The number of carbonyl (C=O) groups is 1. The van der Waals surface area contributed by atoms with E-state index in [2.05, 4.69) is 15.5 Å². The maximum absolute atomic E-state index is 14.2. The van der Waals surface area contributed by atoms with Crippen LogP contribution in [0.3, 0.4) is 0 Å². The lowest BCUT2D eigenvalue weighted by Gasteiger charge is -2.31. The number of rotatable bonds is 5. The first-order chi connectivity index (χ1) is 19.0. The lowest BCUT2D eigenvalue weighted by atomic mass is 9.87. The third-order valence-electron chi connectivity index (χ3n) is 6.73. The number of para-hydroxylation sites is 1. The first kappa shape index (κ1) is 24.2. The fraction of sp³-hybridized carbons (Fsp3) is 0.133. The van der Waals surface area contributed by atoms with E-state index in [1.807, 2.05) is 67.6 Å². The zero-order valence-electron chi connectivity index (χ0n) is 21.3. The van der Waals surface area contributed by atoms with Crippen LogP contribution in [0.25, 0.3) is 28.3 Å². The Labute approximate surface area is 223 Å². The second-order valence-electron chi connectivity index (χ2n) is 9.15. The molecule has 2 N–H and O–H groups in total. The minimum Gasteiger partial charge on any atom is -0.508 e. The molecule has 0 radical (unpaired) electrons. The van der Waals surface area contributed by atoms with Gasteiger partial charge in [-0.05, 0) is 55.8 Å². The number of benzene rings is 3. The van der Waals surface area contributed by atoms with Crippen LogP contribution in [-0.4, -0.2) is 42.9 Å². The molecule has 0 amide bonds. The largest absolute Gasteiger partial charge is 0.508 e. The summed E-state index contributed by atoms with van der Waals surface area (Å²) in [5.41, 5.74) is 3.55. The first-order valence-corrected chi connectivity index (χ1v) is 12.6. The Kier molecular flexibility index (Phi) is 5.95. The van der Waals surface area contributed by atoms with Gasteiger partial charge in [-0.2, -0.15) is 0 Å². The van der Waals surface area contributed by atoms with E-state index in [0.29, 0.717) is 45.2 Å². The Morgan fingerprint density at radius 3 is 2.28 bits per heavy atom. The summed E-state index contributed by atoms with van der Waals surface area (Å²) in [6.45, 7) is 3.86. The number of aromatic hydroxyl groups is 1. The molecule has 0 saturated carbocycles. The molecule has 3 aromatic carbocycles. The van der Waals surface area contributed by atoms with Crippen LogP contribution in [-0.2, 0) is 9.53 Å². The first-order valence-electron chi connectivity index (χ1n) is 12.6. The smallest absolute Gasteiger partial charge is 0.341 e. The van der Waals surface area contributed by atoms with Crippen molar-refractivity contribution < 1.29 is 14.6 Å². The van der Waals surface area contributed by atoms with E-state index in [1.165, 1.54) is 16.5 Å². The van der Waals surface area contributed by atoms with Crippen molar-refractivity contribution in [1.29, 1.82) is 0 Å². The van der Waals surface area contributed by atoms with Crippen LogP contribution < -0.4 is 11.0 Å². The quantitative estimate of drug-likeness (QED) is 0.331. The molecular formula is C30H25N5O4. The summed E-state index contributed by atoms with van der Waals surface area (Å²) in [6, 6.07) is 24.8. The summed E-state index contributed by atoms with van der Waals surface area (Å²) in [7, 11) is 0. The van der Waals surface area contributed by atoms with Crippen molar-refractivity contribution in [2.24, 2.45) is 0 Å². The molecule has 194 valence electrons. The second kappa shape index (κ2) is 9.60. The van der Waals surface area contributed by atoms with Crippen molar-refractivity contribution in [2.45, 2.75) is 19.9 Å². The monoisotopic (exact) mass is 519 g/mol. The summed E-state index contributed by atoms with van der Waals surface area (Å²) < 4.78 is 8.51. The predicted octanol–water partition coefficient (Wildman–Crippen LogP) is 4.43. The van der Waals surface area contributed by atoms with Gasteiger partial charge in [0, 0.05) is 11.1 Å². The Balaban J connectivity index is 1.79. The molecule has 6 rings (SSSR count). The van der Waals surface area contributed by atoms with E-state index in [4.69, 9.17) is 4.74 Å². The molecule has 0 aliphatic carbocycles. The Hall–Kier alpha value is -5.18. The number of nitrogens with zero attached hydrogens (tertiary/aromatic N) is 4. The molecule has 3 heterocycles. The number of aromatic nitrogens is 4. The summed E-state index contributed by atoms with van der Waals surface area (Å²) in [6.07, 6.45) is 0. The number of fused-ring (bicyclic) bond motifs is 3. The highest BCUT2D eigenvalue weighted by atomic mass is 16.5. The molecule has 1 unspecified atom stereocenters. The number of phenolic OH excluding ortho intramolecular Hbond substituents is 1. The third-order valence-corrected chi connectivity index (χ3v) is 6.73. The highest BCUT2D eigenvalue weighted by molar-refractivity contribution is 6.08. The van der Waals surface area contributed by atoms with Crippen LogP contribution in [0, 0.1) is 0 Å². The average Bonchev–Trinajstić information content (AvgIpc) is 3.39. The molecule has 9 nitrogen and oxygen atoms in total. The number of anilines is 1. The van der Waals surface area contributed by atoms with Crippen molar-refractivity contribution >= 4 is 23.0 Å². The minimum absolute atomic E-state index is 0.0956. The molecule has 0 saturated heterocycles. The summed E-state index contributed by atoms with van der Waals surface area (Å²) in [4.78, 5) is 27.6. The Bertz CT molecular complexity index is 1790. The van der Waals surface area contributed by atoms with Crippen LogP contribution in [0.4, 0.5) is 5.82 Å². The van der Waals surface area contributed by atoms with Gasteiger partial charge in [0.25, 0.3) is 0 Å². The van der Waals surface area contributed by atoms with Crippen molar-refractivity contribution in [2.75, 3.05) is 11.9 Å². The van der Waals surface area contributed by atoms with E-state index in [0.717, 1.165) is 5.56 Å². The van der Waals surface area contributed by atoms with E-state index in [9.17, 15) is 14.7 Å². The number of hydrogen-bond acceptors (Lipinski definition) is 7. The highest BCUT2D eigenvalue weighted by Crippen LogP contribution is 2.41. The van der Waals surface area contributed by atoms with E-state index in [-0.39, 0.29) is 18.0 Å².